The third-order valence-corrected chi connectivity index (χ3v) is 3.54. The standard InChI is InChI=1S/C14H20FNO/c1-9-6-10(2)13(12(15)7-9)14(16-3)11-4-5-17-8-11/h6-7,11,14,16H,4-5,8H2,1-3H3. The molecule has 0 saturated carbocycles. The molecule has 1 heterocycles. The summed E-state index contributed by atoms with van der Waals surface area (Å²) in [5.41, 5.74) is 2.80. The zero-order valence-corrected chi connectivity index (χ0v) is 10.7. The van der Waals surface area contributed by atoms with Crippen molar-refractivity contribution in [2.75, 3.05) is 20.3 Å². The van der Waals surface area contributed by atoms with Gasteiger partial charge in [0.2, 0.25) is 0 Å². The lowest BCUT2D eigenvalue weighted by molar-refractivity contribution is 0.177. The molecule has 94 valence electrons. The topological polar surface area (TPSA) is 21.3 Å². The molecule has 1 saturated heterocycles. The van der Waals surface area contributed by atoms with Gasteiger partial charge < -0.3 is 10.1 Å². The van der Waals surface area contributed by atoms with Crippen LogP contribution in [0, 0.1) is 25.6 Å². The monoisotopic (exact) mass is 237 g/mol. The first-order chi connectivity index (χ1) is 8.13. The summed E-state index contributed by atoms with van der Waals surface area (Å²) in [4.78, 5) is 0. The Bertz CT molecular complexity index is 376. The van der Waals surface area contributed by atoms with Crippen molar-refractivity contribution in [3.63, 3.8) is 0 Å². The average molecular weight is 237 g/mol. The maximum Gasteiger partial charge on any atom is 0.128 e. The fourth-order valence-corrected chi connectivity index (χ4v) is 2.75. The second-order valence-electron chi connectivity index (χ2n) is 4.87. The average Bonchev–Trinajstić information content (AvgIpc) is 2.76. The third kappa shape index (κ3) is 2.50. The molecule has 2 atom stereocenters. The molecule has 1 aromatic carbocycles. The summed E-state index contributed by atoms with van der Waals surface area (Å²) in [7, 11) is 1.89. The van der Waals surface area contributed by atoms with Crippen LogP contribution in [0.25, 0.3) is 0 Å². The molecule has 0 spiro atoms. The van der Waals surface area contributed by atoms with Crippen molar-refractivity contribution in [3.8, 4) is 0 Å². The lowest BCUT2D eigenvalue weighted by atomic mass is 9.88. The Kier molecular flexibility index (Phi) is 3.79. The van der Waals surface area contributed by atoms with Crippen LogP contribution in [-0.4, -0.2) is 20.3 Å². The summed E-state index contributed by atoms with van der Waals surface area (Å²) in [6.45, 7) is 5.41. The Morgan fingerprint density at radius 3 is 2.71 bits per heavy atom. The van der Waals surface area contributed by atoms with E-state index in [9.17, 15) is 4.39 Å². The first-order valence-electron chi connectivity index (χ1n) is 6.15. The molecule has 1 N–H and O–H groups in total. The fourth-order valence-electron chi connectivity index (χ4n) is 2.75. The van der Waals surface area contributed by atoms with Crippen molar-refractivity contribution >= 4 is 0 Å². The summed E-state index contributed by atoms with van der Waals surface area (Å²) < 4.78 is 19.5. The number of rotatable bonds is 3. The van der Waals surface area contributed by atoms with Crippen molar-refractivity contribution in [2.24, 2.45) is 5.92 Å². The maximum atomic E-state index is 14.1. The molecule has 1 fully saturated rings. The Balaban J connectivity index is 2.36. The van der Waals surface area contributed by atoms with E-state index in [-0.39, 0.29) is 11.9 Å². The smallest absolute Gasteiger partial charge is 0.128 e. The molecule has 17 heavy (non-hydrogen) atoms. The first-order valence-corrected chi connectivity index (χ1v) is 6.15. The van der Waals surface area contributed by atoms with E-state index in [1.807, 2.05) is 27.0 Å². The van der Waals surface area contributed by atoms with Crippen molar-refractivity contribution in [1.82, 2.24) is 5.32 Å². The number of halogens is 1. The quantitative estimate of drug-likeness (QED) is 0.872. The van der Waals surface area contributed by atoms with Crippen LogP contribution in [-0.2, 0) is 4.74 Å². The minimum absolute atomic E-state index is 0.0538. The molecule has 0 radical (unpaired) electrons. The molecule has 2 rings (SSSR count). The number of aryl methyl sites for hydroxylation is 2. The summed E-state index contributed by atoms with van der Waals surface area (Å²) in [6.07, 6.45) is 0.998. The van der Waals surface area contributed by atoms with E-state index in [0.29, 0.717) is 5.92 Å². The number of ether oxygens (including phenoxy) is 1. The number of nitrogens with one attached hydrogen (secondary N) is 1. The second-order valence-corrected chi connectivity index (χ2v) is 4.87. The number of hydrogen-bond acceptors (Lipinski definition) is 2. The van der Waals surface area contributed by atoms with E-state index in [4.69, 9.17) is 4.74 Å². The molecular weight excluding hydrogens is 217 g/mol. The van der Waals surface area contributed by atoms with Gasteiger partial charge in [-0.05, 0) is 44.5 Å². The van der Waals surface area contributed by atoms with E-state index in [1.165, 1.54) is 0 Å². The number of benzene rings is 1. The van der Waals surface area contributed by atoms with E-state index in [0.717, 1.165) is 36.3 Å². The van der Waals surface area contributed by atoms with Crippen LogP contribution in [0.15, 0.2) is 12.1 Å². The van der Waals surface area contributed by atoms with Crippen LogP contribution in [0.1, 0.15) is 29.2 Å². The van der Waals surface area contributed by atoms with E-state index in [2.05, 4.69) is 5.32 Å². The SMILES string of the molecule is CNC(c1c(C)cc(C)cc1F)C1CCOC1. The van der Waals surface area contributed by atoms with Gasteiger partial charge in [-0.15, -0.1) is 0 Å². The molecular formula is C14H20FNO. The Labute approximate surface area is 102 Å². The maximum absolute atomic E-state index is 14.1. The minimum Gasteiger partial charge on any atom is -0.381 e. The van der Waals surface area contributed by atoms with Crippen LogP contribution in [0.5, 0.6) is 0 Å². The number of hydrogen-bond donors (Lipinski definition) is 1. The molecule has 2 nitrogen and oxygen atoms in total. The van der Waals surface area contributed by atoms with Gasteiger partial charge in [0.1, 0.15) is 5.82 Å². The molecule has 0 aliphatic carbocycles. The van der Waals surface area contributed by atoms with E-state index >= 15 is 0 Å². The summed E-state index contributed by atoms with van der Waals surface area (Å²) in [6, 6.07) is 3.71. The molecule has 3 heteroatoms. The molecule has 0 amide bonds. The van der Waals surface area contributed by atoms with Gasteiger partial charge in [0, 0.05) is 24.1 Å². The highest BCUT2D eigenvalue weighted by molar-refractivity contribution is 5.34. The molecule has 1 aliphatic heterocycles. The summed E-state index contributed by atoms with van der Waals surface area (Å²) in [5.74, 6) is 0.268. The lowest BCUT2D eigenvalue weighted by Gasteiger charge is -2.24. The third-order valence-electron chi connectivity index (χ3n) is 3.54. The van der Waals surface area contributed by atoms with Crippen LogP contribution in [0.3, 0.4) is 0 Å². The van der Waals surface area contributed by atoms with Crippen LogP contribution in [0.2, 0.25) is 0 Å². The summed E-state index contributed by atoms with van der Waals surface area (Å²) in [5, 5.41) is 3.24. The second kappa shape index (κ2) is 5.15. The Morgan fingerprint density at radius 2 is 2.18 bits per heavy atom. The van der Waals surface area contributed by atoms with Gasteiger partial charge in [0.15, 0.2) is 0 Å². The highest BCUT2D eigenvalue weighted by Crippen LogP contribution is 2.32. The van der Waals surface area contributed by atoms with Gasteiger partial charge in [-0.25, -0.2) is 4.39 Å². The predicted octanol–water partition coefficient (Wildman–Crippen LogP) is 2.74. The lowest BCUT2D eigenvalue weighted by Crippen LogP contribution is -2.27. The Morgan fingerprint density at radius 1 is 1.41 bits per heavy atom. The van der Waals surface area contributed by atoms with Gasteiger partial charge in [-0.3, -0.25) is 0 Å². The van der Waals surface area contributed by atoms with Gasteiger partial charge in [-0.1, -0.05) is 6.07 Å². The van der Waals surface area contributed by atoms with Gasteiger partial charge in [0.25, 0.3) is 0 Å². The Hall–Kier alpha value is -0.930. The zero-order valence-electron chi connectivity index (χ0n) is 10.7. The van der Waals surface area contributed by atoms with Crippen LogP contribution >= 0.6 is 0 Å². The normalized spacial score (nSPS) is 21.8. The highest BCUT2D eigenvalue weighted by Gasteiger charge is 2.28. The van der Waals surface area contributed by atoms with Crippen molar-refractivity contribution in [3.05, 3.63) is 34.6 Å². The molecule has 0 bridgehead atoms. The van der Waals surface area contributed by atoms with Gasteiger partial charge in [0.05, 0.1) is 6.61 Å². The van der Waals surface area contributed by atoms with Crippen LogP contribution in [0.4, 0.5) is 4.39 Å². The molecule has 1 aliphatic rings. The predicted molar refractivity (Wildman–Crippen MR) is 66.6 cm³/mol. The van der Waals surface area contributed by atoms with Crippen molar-refractivity contribution in [1.29, 1.82) is 0 Å². The summed E-state index contributed by atoms with van der Waals surface area (Å²) >= 11 is 0. The fraction of sp³-hybridized carbons (Fsp3) is 0.571. The first kappa shape index (κ1) is 12.5. The highest BCUT2D eigenvalue weighted by atomic mass is 19.1. The molecule has 2 unspecified atom stereocenters. The molecule has 1 aromatic rings. The van der Waals surface area contributed by atoms with Crippen LogP contribution < -0.4 is 5.32 Å². The van der Waals surface area contributed by atoms with Gasteiger partial charge in [-0.2, -0.15) is 0 Å². The van der Waals surface area contributed by atoms with E-state index < -0.39 is 0 Å². The molecule has 0 aromatic heterocycles. The zero-order chi connectivity index (χ0) is 12.4. The van der Waals surface area contributed by atoms with Crippen molar-refractivity contribution < 1.29 is 9.13 Å². The van der Waals surface area contributed by atoms with E-state index in [1.54, 1.807) is 6.07 Å². The largest absolute Gasteiger partial charge is 0.381 e. The van der Waals surface area contributed by atoms with Crippen molar-refractivity contribution in [2.45, 2.75) is 26.3 Å². The van der Waals surface area contributed by atoms with Gasteiger partial charge >= 0.3 is 0 Å². The minimum atomic E-state index is -0.103.